The lowest BCUT2D eigenvalue weighted by Crippen LogP contribution is -2.49. The Bertz CT molecular complexity index is 936. The van der Waals surface area contributed by atoms with Crippen LogP contribution in [0.5, 0.6) is 11.5 Å². The summed E-state index contributed by atoms with van der Waals surface area (Å²) in [6.45, 7) is 1.55. The van der Waals surface area contributed by atoms with Gasteiger partial charge in [-0.25, -0.2) is 0 Å². The molecule has 1 aromatic carbocycles. The number of hydrogen-bond donors (Lipinski definition) is 0. The van der Waals surface area contributed by atoms with Gasteiger partial charge in [0.15, 0.2) is 11.9 Å². The largest absolute Gasteiger partial charge is 0.494 e. The summed E-state index contributed by atoms with van der Waals surface area (Å²) in [6.07, 6.45) is -5.09. The monoisotopic (exact) mass is 405 g/mol. The highest BCUT2D eigenvalue weighted by molar-refractivity contribution is 6.01. The number of hydrogen-bond acceptors (Lipinski definition) is 5. The number of aromatic nitrogens is 1. The Balaban J connectivity index is 1.90. The zero-order chi connectivity index (χ0) is 21.2. The first kappa shape index (κ1) is 20.5. The number of halogens is 3. The predicted molar refractivity (Wildman–Crippen MR) is 96.7 cm³/mol. The third kappa shape index (κ3) is 4.11. The van der Waals surface area contributed by atoms with Crippen LogP contribution in [-0.4, -0.2) is 48.3 Å². The number of methoxy groups -OCH3 is 1. The van der Waals surface area contributed by atoms with E-state index in [1.54, 1.807) is 12.3 Å². The summed E-state index contributed by atoms with van der Waals surface area (Å²) in [5, 5.41) is 9.27. The predicted octanol–water partition coefficient (Wildman–Crippen LogP) is 3.53. The van der Waals surface area contributed by atoms with Gasteiger partial charge in [-0.1, -0.05) is 6.07 Å². The first-order valence-electron chi connectivity index (χ1n) is 8.81. The van der Waals surface area contributed by atoms with Gasteiger partial charge in [-0.05, 0) is 31.2 Å². The second-order valence-corrected chi connectivity index (χ2v) is 6.59. The molecule has 2 aromatic rings. The van der Waals surface area contributed by atoms with Crippen molar-refractivity contribution in [1.29, 1.82) is 5.26 Å². The number of likely N-dealkylation sites (tertiary alicyclic amines) is 1. The molecule has 0 bridgehead atoms. The maximum atomic E-state index is 13.1. The van der Waals surface area contributed by atoms with Gasteiger partial charge in [0.25, 0.3) is 5.91 Å². The molecule has 2 heterocycles. The van der Waals surface area contributed by atoms with Crippen molar-refractivity contribution in [2.24, 2.45) is 0 Å². The number of rotatable bonds is 5. The topological polar surface area (TPSA) is 75.5 Å². The standard InChI is InChI=1S/C20H18F3N3O3/c1-12(20(21,22)23)29-16-7-6-13(9-24)18(28-2)17(16)19(27)26-10-14(11-26)15-5-3-4-8-25-15/h3-8,12,14H,10-11H2,1-2H3. The average Bonchev–Trinajstić information content (AvgIpc) is 2.66. The molecular formula is C20H18F3N3O3. The van der Waals surface area contributed by atoms with Crippen molar-refractivity contribution >= 4 is 5.91 Å². The van der Waals surface area contributed by atoms with Gasteiger partial charge in [-0.3, -0.25) is 9.78 Å². The molecule has 0 saturated carbocycles. The molecule has 1 amide bonds. The molecule has 1 atom stereocenters. The van der Waals surface area contributed by atoms with E-state index in [1.165, 1.54) is 24.1 Å². The molecule has 29 heavy (non-hydrogen) atoms. The van der Waals surface area contributed by atoms with Gasteiger partial charge in [-0.2, -0.15) is 18.4 Å². The van der Waals surface area contributed by atoms with Crippen LogP contribution >= 0.6 is 0 Å². The van der Waals surface area contributed by atoms with Gasteiger partial charge in [0, 0.05) is 30.9 Å². The zero-order valence-corrected chi connectivity index (χ0v) is 15.7. The minimum absolute atomic E-state index is 0.0313. The van der Waals surface area contributed by atoms with Crippen molar-refractivity contribution in [2.75, 3.05) is 20.2 Å². The van der Waals surface area contributed by atoms with E-state index in [-0.39, 0.29) is 28.5 Å². The lowest BCUT2D eigenvalue weighted by atomic mass is 9.94. The Morgan fingerprint density at radius 2 is 2.03 bits per heavy atom. The van der Waals surface area contributed by atoms with Crippen LogP contribution in [0.2, 0.25) is 0 Å². The van der Waals surface area contributed by atoms with Crippen molar-refractivity contribution < 1.29 is 27.4 Å². The highest BCUT2D eigenvalue weighted by atomic mass is 19.4. The van der Waals surface area contributed by atoms with Gasteiger partial charge in [-0.15, -0.1) is 0 Å². The second kappa shape index (κ2) is 7.99. The van der Waals surface area contributed by atoms with Crippen LogP contribution in [0.3, 0.4) is 0 Å². The van der Waals surface area contributed by atoms with E-state index >= 15 is 0 Å². The minimum atomic E-state index is -4.61. The second-order valence-electron chi connectivity index (χ2n) is 6.59. The Hall–Kier alpha value is -3.28. The van der Waals surface area contributed by atoms with Crippen LogP contribution in [0.15, 0.2) is 36.5 Å². The number of alkyl halides is 3. The van der Waals surface area contributed by atoms with Crippen molar-refractivity contribution in [3.63, 3.8) is 0 Å². The normalized spacial score (nSPS) is 15.2. The summed E-state index contributed by atoms with van der Waals surface area (Å²) in [5.41, 5.74) is 0.670. The Morgan fingerprint density at radius 3 is 2.59 bits per heavy atom. The number of nitriles is 1. The van der Waals surface area contributed by atoms with Crippen LogP contribution in [0, 0.1) is 11.3 Å². The highest BCUT2D eigenvalue weighted by Gasteiger charge is 2.40. The summed E-state index contributed by atoms with van der Waals surface area (Å²) >= 11 is 0. The molecule has 1 unspecified atom stereocenters. The van der Waals surface area contributed by atoms with Gasteiger partial charge in [0.1, 0.15) is 17.4 Å². The minimum Gasteiger partial charge on any atom is -0.494 e. The number of carbonyl (C=O) groups excluding carboxylic acids is 1. The molecule has 0 spiro atoms. The molecule has 6 nitrogen and oxygen atoms in total. The molecule has 3 rings (SSSR count). The molecule has 1 aliphatic heterocycles. The fourth-order valence-corrected chi connectivity index (χ4v) is 3.03. The molecule has 0 aliphatic carbocycles. The van der Waals surface area contributed by atoms with Crippen LogP contribution < -0.4 is 9.47 Å². The first-order chi connectivity index (χ1) is 13.8. The lowest BCUT2D eigenvalue weighted by Gasteiger charge is -2.39. The van der Waals surface area contributed by atoms with E-state index in [4.69, 9.17) is 9.47 Å². The van der Waals surface area contributed by atoms with E-state index in [9.17, 15) is 23.2 Å². The van der Waals surface area contributed by atoms with Gasteiger partial charge < -0.3 is 14.4 Å². The van der Waals surface area contributed by atoms with E-state index in [1.807, 2.05) is 18.2 Å². The molecule has 9 heteroatoms. The van der Waals surface area contributed by atoms with Crippen molar-refractivity contribution in [2.45, 2.75) is 25.1 Å². The van der Waals surface area contributed by atoms with E-state index in [0.29, 0.717) is 13.1 Å². The lowest BCUT2D eigenvalue weighted by molar-refractivity contribution is -0.189. The number of ether oxygens (including phenoxy) is 2. The quantitative estimate of drug-likeness (QED) is 0.761. The van der Waals surface area contributed by atoms with Crippen LogP contribution in [0.25, 0.3) is 0 Å². The van der Waals surface area contributed by atoms with Crippen LogP contribution in [0.4, 0.5) is 13.2 Å². The molecular weight excluding hydrogens is 387 g/mol. The molecule has 0 N–H and O–H groups in total. The zero-order valence-electron chi connectivity index (χ0n) is 15.7. The molecule has 1 aromatic heterocycles. The Kier molecular flexibility index (Phi) is 5.64. The molecule has 1 aliphatic rings. The van der Waals surface area contributed by atoms with Gasteiger partial charge in [0.2, 0.25) is 0 Å². The summed E-state index contributed by atoms with van der Waals surface area (Å²) in [6, 6.07) is 9.81. The molecule has 0 radical (unpaired) electrons. The molecule has 1 saturated heterocycles. The Labute approximate surface area is 165 Å². The van der Waals surface area contributed by atoms with Crippen molar-refractivity contribution in [3.8, 4) is 17.6 Å². The number of carbonyl (C=O) groups is 1. The summed E-state index contributed by atoms with van der Waals surface area (Å²) < 4.78 is 49.1. The average molecular weight is 405 g/mol. The van der Waals surface area contributed by atoms with Crippen molar-refractivity contribution in [3.05, 3.63) is 53.3 Å². The first-order valence-corrected chi connectivity index (χ1v) is 8.81. The van der Waals surface area contributed by atoms with Crippen molar-refractivity contribution in [1.82, 2.24) is 9.88 Å². The third-order valence-electron chi connectivity index (χ3n) is 4.70. The van der Waals surface area contributed by atoms with E-state index in [0.717, 1.165) is 12.6 Å². The number of benzene rings is 1. The van der Waals surface area contributed by atoms with Crippen LogP contribution in [0.1, 0.15) is 34.5 Å². The smallest absolute Gasteiger partial charge is 0.425 e. The number of amides is 1. The summed E-state index contributed by atoms with van der Waals surface area (Å²) in [5.74, 6) is -0.915. The molecule has 152 valence electrons. The fourth-order valence-electron chi connectivity index (χ4n) is 3.03. The van der Waals surface area contributed by atoms with Crippen LogP contribution in [-0.2, 0) is 0 Å². The SMILES string of the molecule is COc1c(C#N)ccc(OC(C)C(F)(F)F)c1C(=O)N1CC(c2ccccn2)C1. The fraction of sp³-hybridized carbons (Fsp3) is 0.350. The number of pyridine rings is 1. The Morgan fingerprint density at radius 1 is 1.31 bits per heavy atom. The third-order valence-corrected chi connectivity index (χ3v) is 4.70. The van der Waals surface area contributed by atoms with Gasteiger partial charge in [0.05, 0.1) is 12.7 Å². The highest BCUT2D eigenvalue weighted by Crippen LogP contribution is 2.37. The van der Waals surface area contributed by atoms with Gasteiger partial charge >= 0.3 is 6.18 Å². The van der Waals surface area contributed by atoms with E-state index in [2.05, 4.69) is 4.98 Å². The summed E-state index contributed by atoms with van der Waals surface area (Å²) in [7, 11) is 1.25. The maximum Gasteiger partial charge on any atom is 0.425 e. The maximum absolute atomic E-state index is 13.1. The molecule has 1 fully saturated rings. The number of nitrogens with zero attached hydrogens (tertiary/aromatic N) is 3. The van der Waals surface area contributed by atoms with E-state index < -0.39 is 18.2 Å². The summed E-state index contributed by atoms with van der Waals surface area (Å²) in [4.78, 5) is 18.8.